The van der Waals surface area contributed by atoms with Crippen LogP contribution in [0.15, 0.2) is 35.3 Å². The number of rotatable bonds is 3. The van der Waals surface area contributed by atoms with Crippen LogP contribution in [0, 0.1) is 0 Å². The van der Waals surface area contributed by atoms with Gasteiger partial charge in [0.15, 0.2) is 5.65 Å². The van der Waals surface area contributed by atoms with Gasteiger partial charge in [0.05, 0.1) is 11.7 Å². The first-order valence-electron chi connectivity index (χ1n) is 7.70. The molecule has 6 nitrogen and oxygen atoms in total. The second kappa shape index (κ2) is 5.94. The molecule has 3 rings (SSSR count). The van der Waals surface area contributed by atoms with E-state index in [1.54, 1.807) is 10.9 Å². The van der Waals surface area contributed by atoms with Gasteiger partial charge in [-0.3, -0.25) is 9.78 Å². The number of aromatic nitrogens is 4. The standard InChI is InChI=1S/C17H20ClN5O/c1-17(2,3)23-14-12(9-19-23)15(24)21-16(20-14)22(4)10-11-7-5-6-8-13(11)18/h5-9H,10H2,1-4H3,(H,20,21,24). The van der Waals surface area contributed by atoms with Crippen LogP contribution in [0.25, 0.3) is 11.0 Å². The molecule has 3 aromatic rings. The van der Waals surface area contributed by atoms with Gasteiger partial charge in [0.2, 0.25) is 5.95 Å². The molecule has 0 aliphatic carbocycles. The van der Waals surface area contributed by atoms with Gasteiger partial charge in [0.1, 0.15) is 5.39 Å². The van der Waals surface area contributed by atoms with E-state index in [9.17, 15) is 4.79 Å². The van der Waals surface area contributed by atoms with E-state index in [1.165, 1.54) is 0 Å². The van der Waals surface area contributed by atoms with Gasteiger partial charge in [-0.25, -0.2) is 4.68 Å². The fourth-order valence-corrected chi connectivity index (χ4v) is 2.73. The monoisotopic (exact) mass is 345 g/mol. The summed E-state index contributed by atoms with van der Waals surface area (Å²) in [5, 5.41) is 5.49. The van der Waals surface area contributed by atoms with E-state index in [2.05, 4.69) is 15.1 Å². The Morgan fingerprint density at radius 2 is 2.00 bits per heavy atom. The van der Waals surface area contributed by atoms with Crippen molar-refractivity contribution in [3.63, 3.8) is 0 Å². The number of aromatic amines is 1. The number of hydrogen-bond acceptors (Lipinski definition) is 4. The number of fused-ring (bicyclic) bond motifs is 1. The van der Waals surface area contributed by atoms with E-state index in [4.69, 9.17) is 11.6 Å². The van der Waals surface area contributed by atoms with Gasteiger partial charge < -0.3 is 4.90 Å². The molecule has 2 heterocycles. The van der Waals surface area contributed by atoms with E-state index in [-0.39, 0.29) is 11.1 Å². The highest BCUT2D eigenvalue weighted by Gasteiger charge is 2.20. The molecule has 0 bridgehead atoms. The lowest BCUT2D eigenvalue weighted by atomic mass is 10.1. The minimum absolute atomic E-state index is 0.198. The fraction of sp³-hybridized carbons (Fsp3) is 0.353. The topological polar surface area (TPSA) is 66.8 Å². The molecule has 0 atom stereocenters. The van der Waals surface area contributed by atoms with Crippen molar-refractivity contribution in [2.45, 2.75) is 32.9 Å². The number of hydrogen-bond donors (Lipinski definition) is 1. The average Bonchev–Trinajstić information content (AvgIpc) is 2.94. The Morgan fingerprint density at radius 3 is 2.67 bits per heavy atom. The molecule has 0 unspecified atom stereocenters. The summed E-state index contributed by atoms with van der Waals surface area (Å²) < 4.78 is 1.77. The summed E-state index contributed by atoms with van der Waals surface area (Å²) in [5.74, 6) is 0.485. The third-order valence-corrected chi connectivity index (χ3v) is 4.16. The summed E-state index contributed by atoms with van der Waals surface area (Å²) in [7, 11) is 1.87. The summed E-state index contributed by atoms with van der Waals surface area (Å²) in [6.45, 7) is 6.61. The van der Waals surface area contributed by atoms with Crippen LogP contribution in [0.3, 0.4) is 0 Å². The molecule has 0 saturated heterocycles. The van der Waals surface area contributed by atoms with Crippen LogP contribution in [0.5, 0.6) is 0 Å². The molecule has 0 aliphatic heterocycles. The van der Waals surface area contributed by atoms with Crippen molar-refractivity contribution in [1.82, 2.24) is 19.7 Å². The first-order valence-corrected chi connectivity index (χ1v) is 8.08. The molecule has 0 fully saturated rings. The Kier molecular flexibility index (Phi) is 4.09. The summed E-state index contributed by atoms with van der Waals surface area (Å²) in [5.41, 5.74) is 1.08. The maximum absolute atomic E-state index is 12.4. The first kappa shape index (κ1) is 16.5. The number of nitrogens with one attached hydrogen (secondary N) is 1. The highest BCUT2D eigenvalue weighted by Crippen LogP contribution is 2.21. The van der Waals surface area contributed by atoms with Crippen LogP contribution in [-0.2, 0) is 12.1 Å². The SMILES string of the molecule is CN(Cc1ccccc1Cl)c1nc2c(cnn2C(C)(C)C)c(=O)[nH]1. The molecule has 1 N–H and O–H groups in total. The summed E-state index contributed by atoms with van der Waals surface area (Å²) in [4.78, 5) is 21.7. The van der Waals surface area contributed by atoms with Crippen LogP contribution in [-0.4, -0.2) is 26.8 Å². The number of nitrogens with zero attached hydrogens (tertiary/aromatic N) is 4. The van der Waals surface area contributed by atoms with Gasteiger partial charge in [0.25, 0.3) is 5.56 Å². The lowest BCUT2D eigenvalue weighted by Gasteiger charge is -2.21. The minimum atomic E-state index is -0.263. The third kappa shape index (κ3) is 3.01. The second-order valence-corrected chi connectivity index (χ2v) is 7.21. The molecule has 0 aliphatic rings. The number of anilines is 1. The Balaban J connectivity index is 2.03. The Morgan fingerprint density at radius 1 is 1.29 bits per heavy atom. The molecule has 126 valence electrons. The zero-order valence-electron chi connectivity index (χ0n) is 14.2. The summed E-state index contributed by atoms with van der Waals surface area (Å²) >= 11 is 6.22. The Labute approximate surface area is 145 Å². The van der Waals surface area contributed by atoms with E-state index in [0.29, 0.717) is 28.5 Å². The van der Waals surface area contributed by atoms with Gasteiger partial charge in [-0.15, -0.1) is 0 Å². The summed E-state index contributed by atoms with van der Waals surface area (Å²) in [6.07, 6.45) is 1.56. The number of H-pyrrole nitrogens is 1. The van der Waals surface area contributed by atoms with Crippen molar-refractivity contribution in [3.8, 4) is 0 Å². The maximum atomic E-state index is 12.4. The molecule has 1 aromatic carbocycles. The van der Waals surface area contributed by atoms with E-state index < -0.39 is 0 Å². The van der Waals surface area contributed by atoms with E-state index >= 15 is 0 Å². The lowest BCUT2D eigenvalue weighted by Crippen LogP contribution is -2.26. The summed E-state index contributed by atoms with van der Waals surface area (Å²) in [6, 6.07) is 7.62. The van der Waals surface area contributed by atoms with Crippen LogP contribution >= 0.6 is 11.6 Å². The third-order valence-electron chi connectivity index (χ3n) is 3.79. The molecule has 7 heteroatoms. The largest absolute Gasteiger partial charge is 0.341 e. The van der Waals surface area contributed by atoms with Crippen LogP contribution in [0.4, 0.5) is 5.95 Å². The zero-order valence-corrected chi connectivity index (χ0v) is 14.9. The highest BCUT2D eigenvalue weighted by atomic mass is 35.5. The highest BCUT2D eigenvalue weighted by molar-refractivity contribution is 6.31. The van der Waals surface area contributed by atoms with Gasteiger partial charge in [-0.05, 0) is 32.4 Å². The zero-order chi connectivity index (χ0) is 17.5. The normalized spacial score (nSPS) is 11.9. The molecular formula is C17H20ClN5O. The van der Waals surface area contributed by atoms with Crippen molar-refractivity contribution in [1.29, 1.82) is 0 Å². The lowest BCUT2D eigenvalue weighted by molar-refractivity contribution is 0.366. The molecule has 0 radical (unpaired) electrons. The molecule has 0 spiro atoms. The van der Waals surface area contributed by atoms with Crippen molar-refractivity contribution >= 4 is 28.6 Å². The quantitative estimate of drug-likeness (QED) is 0.791. The predicted molar refractivity (Wildman–Crippen MR) is 96.7 cm³/mol. The molecular weight excluding hydrogens is 326 g/mol. The van der Waals surface area contributed by atoms with Gasteiger partial charge in [-0.2, -0.15) is 10.1 Å². The van der Waals surface area contributed by atoms with Crippen LogP contribution in [0.1, 0.15) is 26.3 Å². The average molecular weight is 346 g/mol. The smallest absolute Gasteiger partial charge is 0.263 e. The van der Waals surface area contributed by atoms with Crippen LogP contribution in [0.2, 0.25) is 5.02 Å². The minimum Gasteiger partial charge on any atom is -0.341 e. The van der Waals surface area contributed by atoms with Crippen LogP contribution < -0.4 is 10.5 Å². The molecule has 0 amide bonds. The molecule has 24 heavy (non-hydrogen) atoms. The van der Waals surface area contributed by atoms with E-state index in [1.807, 2.05) is 57.0 Å². The number of benzene rings is 1. The molecule has 2 aromatic heterocycles. The number of halogens is 1. The predicted octanol–water partition coefficient (Wildman–Crippen LogP) is 3.16. The Bertz CT molecular complexity index is 938. The maximum Gasteiger partial charge on any atom is 0.263 e. The van der Waals surface area contributed by atoms with Gasteiger partial charge >= 0.3 is 0 Å². The van der Waals surface area contributed by atoms with Gasteiger partial charge in [0, 0.05) is 18.6 Å². The van der Waals surface area contributed by atoms with Crippen molar-refractivity contribution in [2.75, 3.05) is 11.9 Å². The van der Waals surface area contributed by atoms with Crippen molar-refractivity contribution < 1.29 is 0 Å². The fourth-order valence-electron chi connectivity index (χ4n) is 2.54. The van der Waals surface area contributed by atoms with Gasteiger partial charge in [-0.1, -0.05) is 29.8 Å². The van der Waals surface area contributed by atoms with Crippen molar-refractivity contribution in [2.24, 2.45) is 0 Å². The Hall–Kier alpha value is -2.34. The van der Waals surface area contributed by atoms with E-state index in [0.717, 1.165) is 5.56 Å². The first-order chi connectivity index (χ1) is 11.3. The molecule has 0 saturated carbocycles. The second-order valence-electron chi connectivity index (χ2n) is 6.80. The van der Waals surface area contributed by atoms with Crippen molar-refractivity contribution in [3.05, 3.63) is 51.4 Å².